The van der Waals surface area contributed by atoms with E-state index < -0.39 is 17.2 Å². The monoisotopic (exact) mass is 580 g/mol. The van der Waals surface area contributed by atoms with Crippen LogP contribution in [0.5, 0.6) is 0 Å². The summed E-state index contributed by atoms with van der Waals surface area (Å²) in [4.78, 5) is 18.9. The fourth-order valence-corrected chi connectivity index (χ4v) is 6.19. The number of ether oxygens (including phenoxy) is 1. The fraction of sp³-hybridized carbons (Fsp3) is 0.485. The molecule has 3 atom stereocenters. The van der Waals surface area contributed by atoms with Crippen LogP contribution in [-0.4, -0.2) is 47.7 Å². The number of hydrogen-bond donors (Lipinski definition) is 3. The molecule has 1 aromatic carbocycles. The summed E-state index contributed by atoms with van der Waals surface area (Å²) < 4.78 is 34.0. The molecule has 1 saturated heterocycles. The molecule has 0 radical (unpaired) electrons. The number of rotatable bonds is 6. The van der Waals surface area contributed by atoms with Gasteiger partial charge in [0.1, 0.15) is 23.0 Å². The first-order valence-electron chi connectivity index (χ1n) is 14.7. The molecule has 7 nitrogen and oxygen atoms in total. The van der Waals surface area contributed by atoms with Gasteiger partial charge in [0, 0.05) is 50.9 Å². The molecule has 5 rings (SSSR count). The van der Waals surface area contributed by atoms with Gasteiger partial charge >= 0.3 is 0 Å². The summed E-state index contributed by atoms with van der Waals surface area (Å²) in [5, 5.41) is 14.0. The van der Waals surface area contributed by atoms with Crippen molar-refractivity contribution >= 4 is 12.0 Å². The van der Waals surface area contributed by atoms with Crippen molar-refractivity contribution in [1.29, 1.82) is 0 Å². The Hall–Kier alpha value is -3.27. The maximum atomic E-state index is 14.7. The van der Waals surface area contributed by atoms with Gasteiger partial charge < -0.3 is 20.9 Å². The lowest BCUT2D eigenvalue weighted by molar-refractivity contribution is -0.0680. The van der Waals surface area contributed by atoms with Gasteiger partial charge in [-0.3, -0.25) is 9.78 Å². The highest BCUT2D eigenvalue weighted by molar-refractivity contribution is 5.75. The van der Waals surface area contributed by atoms with Gasteiger partial charge in [-0.05, 0) is 84.9 Å². The van der Waals surface area contributed by atoms with E-state index in [0.29, 0.717) is 55.4 Å². The van der Waals surface area contributed by atoms with E-state index in [1.807, 2.05) is 19.4 Å². The van der Waals surface area contributed by atoms with Gasteiger partial charge in [0.05, 0.1) is 17.5 Å². The zero-order valence-corrected chi connectivity index (χ0v) is 24.9. The molecule has 1 aliphatic carbocycles. The van der Waals surface area contributed by atoms with E-state index in [1.54, 1.807) is 13.0 Å². The highest BCUT2D eigenvalue weighted by Crippen LogP contribution is 2.41. The van der Waals surface area contributed by atoms with Crippen molar-refractivity contribution in [3.63, 3.8) is 0 Å². The maximum Gasteiger partial charge on any atom is 0.168 e. The van der Waals surface area contributed by atoms with Crippen LogP contribution in [0.1, 0.15) is 79.0 Å². The number of nitrogens with zero attached hydrogens (tertiary/aromatic N) is 2. The number of benzene rings is 1. The van der Waals surface area contributed by atoms with Crippen molar-refractivity contribution in [2.75, 3.05) is 25.6 Å². The van der Waals surface area contributed by atoms with Gasteiger partial charge in [0.25, 0.3) is 0 Å². The normalized spacial score (nSPS) is 21.8. The number of nitrogens with one attached hydrogen (secondary N) is 1. The van der Waals surface area contributed by atoms with Crippen LogP contribution in [0.15, 0.2) is 42.7 Å². The molecule has 2 aliphatic rings. The van der Waals surface area contributed by atoms with Crippen molar-refractivity contribution in [2.24, 2.45) is 17.6 Å². The number of aliphatic hydroxyl groups is 1. The van der Waals surface area contributed by atoms with Crippen LogP contribution in [0.25, 0.3) is 11.3 Å². The van der Waals surface area contributed by atoms with Crippen LogP contribution in [0, 0.1) is 30.4 Å². The van der Waals surface area contributed by atoms with Crippen molar-refractivity contribution in [1.82, 2.24) is 9.97 Å². The SMILES string of the molecule is CNc1cnccc1C1CC(C(C)C)C[C@H](N)C1.Cc1cc(C2(O)CCOCC2)cc(F)c1-c1nc(C=O)ccc1F. The molecule has 0 spiro atoms. The average molecular weight is 581 g/mol. The number of carbonyl (C=O) groups excluding carboxylic acids is 1. The number of nitrogens with two attached hydrogens (primary N) is 1. The van der Waals surface area contributed by atoms with E-state index >= 15 is 0 Å². The van der Waals surface area contributed by atoms with E-state index in [0.717, 1.165) is 30.0 Å². The zero-order valence-electron chi connectivity index (χ0n) is 24.9. The quantitative estimate of drug-likeness (QED) is 0.301. The number of aldehydes is 1. The van der Waals surface area contributed by atoms with Crippen molar-refractivity contribution in [2.45, 2.75) is 70.4 Å². The number of anilines is 1. The Morgan fingerprint density at radius 3 is 2.50 bits per heavy atom. The van der Waals surface area contributed by atoms with Gasteiger partial charge in [-0.1, -0.05) is 19.9 Å². The first-order chi connectivity index (χ1) is 20.1. The van der Waals surface area contributed by atoms with Crippen LogP contribution in [0.4, 0.5) is 14.5 Å². The summed E-state index contributed by atoms with van der Waals surface area (Å²) in [6.45, 7) is 7.04. The minimum Gasteiger partial charge on any atom is -0.387 e. The van der Waals surface area contributed by atoms with Crippen LogP contribution in [-0.2, 0) is 10.3 Å². The summed E-state index contributed by atoms with van der Waals surface area (Å²) >= 11 is 0. The van der Waals surface area contributed by atoms with Gasteiger partial charge in [-0.15, -0.1) is 0 Å². The molecule has 2 aromatic heterocycles. The van der Waals surface area contributed by atoms with Crippen LogP contribution in [0.2, 0.25) is 0 Å². The summed E-state index contributed by atoms with van der Waals surface area (Å²) in [6.07, 6.45) is 8.56. The second-order valence-corrected chi connectivity index (χ2v) is 11.9. The number of halogens is 2. The summed E-state index contributed by atoms with van der Waals surface area (Å²) in [5.74, 6) is 0.654. The van der Waals surface area contributed by atoms with E-state index in [-0.39, 0.29) is 17.0 Å². The molecule has 226 valence electrons. The van der Waals surface area contributed by atoms with Crippen molar-refractivity contribution in [3.8, 4) is 11.3 Å². The van der Waals surface area contributed by atoms with E-state index in [1.165, 1.54) is 30.5 Å². The van der Waals surface area contributed by atoms with Crippen LogP contribution < -0.4 is 11.1 Å². The molecular formula is C33H42F2N4O3. The third-order valence-electron chi connectivity index (χ3n) is 8.66. The molecule has 9 heteroatoms. The molecule has 3 heterocycles. The molecule has 2 fully saturated rings. The lowest BCUT2D eigenvalue weighted by Gasteiger charge is -2.36. The highest BCUT2D eigenvalue weighted by Gasteiger charge is 2.33. The number of hydrogen-bond acceptors (Lipinski definition) is 7. The fourth-order valence-electron chi connectivity index (χ4n) is 6.19. The van der Waals surface area contributed by atoms with Crippen LogP contribution >= 0.6 is 0 Å². The lowest BCUT2D eigenvalue weighted by Crippen LogP contribution is -2.34. The Kier molecular flexibility index (Phi) is 10.4. The zero-order chi connectivity index (χ0) is 30.4. The number of pyridine rings is 2. The average Bonchev–Trinajstić information content (AvgIpc) is 2.98. The first kappa shape index (κ1) is 31.7. The Morgan fingerprint density at radius 2 is 1.86 bits per heavy atom. The predicted octanol–water partition coefficient (Wildman–Crippen LogP) is 6.14. The molecule has 1 saturated carbocycles. The minimum atomic E-state index is -1.15. The third kappa shape index (κ3) is 7.19. The Bertz CT molecular complexity index is 1350. The number of carbonyl (C=O) groups is 1. The predicted molar refractivity (Wildman–Crippen MR) is 160 cm³/mol. The number of aromatic nitrogens is 2. The molecule has 0 amide bonds. The third-order valence-corrected chi connectivity index (χ3v) is 8.66. The molecular weight excluding hydrogens is 538 g/mol. The molecule has 42 heavy (non-hydrogen) atoms. The second kappa shape index (κ2) is 13.8. The maximum absolute atomic E-state index is 14.7. The Morgan fingerprint density at radius 1 is 1.12 bits per heavy atom. The van der Waals surface area contributed by atoms with E-state index in [9.17, 15) is 18.7 Å². The largest absolute Gasteiger partial charge is 0.387 e. The molecule has 2 unspecified atom stereocenters. The van der Waals surface area contributed by atoms with Crippen molar-refractivity contribution < 1.29 is 23.4 Å². The second-order valence-electron chi connectivity index (χ2n) is 11.9. The van der Waals surface area contributed by atoms with Gasteiger partial charge in [-0.25, -0.2) is 13.8 Å². The highest BCUT2D eigenvalue weighted by atomic mass is 19.1. The molecule has 1 aliphatic heterocycles. The topological polar surface area (TPSA) is 110 Å². The molecule has 0 bridgehead atoms. The van der Waals surface area contributed by atoms with Gasteiger partial charge in [-0.2, -0.15) is 0 Å². The number of aryl methyl sites for hydroxylation is 1. The minimum absolute atomic E-state index is 0.00407. The molecule has 4 N–H and O–H groups in total. The lowest BCUT2D eigenvalue weighted by atomic mass is 9.72. The van der Waals surface area contributed by atoms with Gasteiger partial charge in [0.15, 0.2) is 6.29 Å². The van der Waals surface area contributed by atoms with Crippen LogP contribution in [0.3, 0.4) is 0 Å². The Labute approximate surface area is 246 Å². The van der Waals surface area contributed by atoms with Crippen molar-refractivity contribution in [3.05, 3.63) is 76.7 Å². The van der Waals surface area contributed by atoms with E-state index in [2.05, 4.69) is 35.2 Å². The Balaban J connectivity index is 0.000000201. The standard InChI is InChI=1S/C18H17F2NO3.C15H25N3/c1-11-8-12(18(23)4-6-24-7-5-18)9-15(20)16(11)17-14(19)3-2-13(10-22)21-17;1-10(2)11-6-12(8-13(16)7-11)14-4-5-18-9-15(14)17-3/h2-3,8-10,23H,4-7H2,1H3;4-5,9-13,17H,6-8,16H2,1-3H3/t;11?,12?,13-/m.0/s1. The van der Waals surface area contributed by atoms with E-state index in [4.69, 9.17) is 10.5 Å². The first-order valence-corrected chi connectivity index (χ1v) is 14.7. The summed E-state index contributed by atoms with van der Waals surface area (Å²) in [5.41, 5.74) is 8.33. The summed E-state index contributed by atoms with van der Waals surface area (Å²) in [7, 11) is 1.96. The summed E-state index contributed by atoms with van der Waals surface area (Å²) in [6, 6.07) is 7.66. The van der Waals surface area contributed by atoms with Gasteiger partial charge in [0.2, 0.25) is 0 Å². The smallest absolute Gasteiger partial charge is 0.168 e. The molecule has 3 aromatic rings.